The van der Waals surface area contributed by atoms with Crippen molar-refractivity contribution in [2.24, 2.45) is 0 Å². The van der Waals surface area contributed by atoms with Crippen LogP contribution in [0.15, 0.2) is 34.7 Å². The molecule has 2 aromatic heterocycles. The molecule has 28 heavy (non-hydrogen) atoms. The summed E-state index contributed by atoms with van der Waals surface area (Å²) in [6, 6.07) is 5.29. The van der Waals surface area contributed by atoms with Gasteiger partial charge in [0.05, 0.1) is 11.4 Å². The molecule has 0 aliphatic heterocycles. The number of benzene rings is 1. The fourth-order valence-corrected chi connectivity index (χ4v) is 2.28. The third-order valence-electron chi connectivity index (χ3n) is 3.60. The van der Waals surface area contributed by atoms with E-state index >= 15 is 0 Å². The number of rotatable bonds is 5. The fourth-order valence-electron chi connectivity index (χ4n) is 2.28. The Labute approximate surface area is 154 Å². The zero-order chi connectivity index (χ0) is 20.5. The van der Waals surface area contributed by atoms with Crippen molar-refractivity contribution < 1.29 is 35.9 Å². The van der Waals surface area contributed by atoms with Gasteiger partial charge >= 0.3 is 6.18 Å². The van der Waals surface area contributed by atoms with E-state index in [1.54, 1.807) is 0 Å². The van der Waals surface area contributed by atoms with E-state index in [9.17, 15) is 26.7 Å². The molecule has 0 atom stereocenters. The smallest absolute Gasteiger partial charge is 0.437 e. The maximum atomic E-state index is 13.5. The van der Waals surface area contributed by atoms with E-state index in [1.807, 2.05) is 0 Å². The molecule has 0 aliphatic carbocycles. The number of aromatic amines is 1. The van der Waals surface area contributed by atoms with E-state index in [4.69, 9.17) is 9.15 Å². The van der Waals surface area contributed by atoms with Crippen molar-refractivity contribution in [1.82, 2.24) is 10.2 Å². The van der Waals surface area contributed by atoms with Crippen molar-refractivity contribution in [2.75, 3.05) is 5.32 Å². The Balaban J connectivity index is 1.69. The molecule has 6 nitrogen and oxygen atoms in total. The lowest BCUT2D eigenvalue weighted by Crippen LogP contribution is -2.16. The average Bonchev–Trinajstić information content (AvgIpc) is 3.21. The van der Waals surface area contributed by atoms with Gasteiger partial charge in [-0.05, 0) is 31.2 Å². The first-order valence-electron chi connectivity index (χ1n) is 7.75. The summed E-state index contributed by atoms with van der Waals surface area (Å²) in [5.74, 6) is -3.03. The zero-order valence-electron chi connectivity index (χ0n) is 14.2. The average molecular weight is 401 g/mol. The van der Waals surface area contributed by atoms with Gasteiger partial charge in [0.15, 0.2) is 23.0 Å². The Morgan fingerprint density at radius 3 is 2.68 bits per heavy atom. The Kier molecular flexibility index (Phi) is 5.08. The summed E-state index contributed by atoms with van der Waals surface area (Å²) in [6.07, 6.45) is -4.76. The number of amides is 1. The first kappa shape index (κ1) is 19.4. The van der Waals surface area contributed by atoms with Gasteiger partial charge < -0.3 is 14.5 Å². The first-order chi connectivity index (χ1) is 13.1. The van der Waals surface area contributed by atoms with Crippen molar-refractivity contribution in [3.63, 3.8) is 0 Å². The monoisotopic (exact) mass is 401 g/mol. The Hall–Kier alpha value is -3.37. The largest absolute Gasteiger partial charge is 0.483 e. The van der Waals surface area contributed by atoms with Gasteiger partial charge in [-0.1, -0.05) is 0 Å². The molecule has 3 rings (SSSR count). The zero-order valence-corrected chi connectivity index (χ0v) is 14.2. The summed E-state index contributed by atoms with van der Waals surface area (Å²) < 4.78 is 75.4. The summed E-state index contributed by atoms with van der Waals surface area (Å²) in [4.78, 5) is 12.2. The van der Waals surface area contributed by atoms with Crippen LogP contribution in [-0.4, -0.2) is 16.1 Å². The lowest BCUT2D eigenvalue weighted by molar-refractivity contribution is -0.140. The van der Waals surface area contributed by atoms with Gasteiger partial charge in [0.1, 0.15) is 18.2 Å². The second-order valence-electron chi connectivity index (χ2n) is 5.65. The van der Waals surface area contributed by atoms with Crippen LogP contribution in [0, 0.1) is 18.6 Å². The summed E-state index contributed by atoms with van der Waals surface area (Å²) in [5, 5.41) is 7.39. The molecule has 0 saturated carbocycles. The Bertz CT molecular complexity index is 1010. The molecule has 2 N–H and O–H groups in total. The maximum absolute atomic E-state index is 13.5. The third-order valence-corrected chi connectivity index (χ3v) is 3.60. The van der Waals surface area contributed by atoms with E-state index in [1.165, 1.54) is 19.1 Å². The van der Waals surface area contributed by atoms with Crippen LogP contribution in [0.1, 0.15) is 27.7 Å². The van der Waals surface area contributed by atoms with Crippen LogP contribution in [0.25, 0.3) is 0 Å². The van der Waals surface area contributed by atoms with Crippen LogP contribution in [0.5, 0.6) is 5.75 Å². The number of aryl methyl sites for hydroxylation is 1. The minimum Gasteiger partial charge on any atom is -0.483 e. The maximum Gasteiger partial charge on any atom is 0.437 e. The van der Waals surface area contributed by atoms with Gasteiger partial charge in [-0.3, -0.25) is 9.89 Å². The summed E-state index contributed by atoms with van der Waals surface area (Å²) >= 11 is 0. The molecular weight excluding hydrogens is 389 g/mol. The van der Waals surface area contributed by atoms with Crippen LogP contribution < -0.4 is 10.1 Å². The highest BCUT2D eigenvalue weighted by atomic mass is 19.4. The van der Waals surface area contributed by atoms with E-state index in [0.717, 1.165) is 12.1 Å². The summed E-state index contributed by atoms with van der Waals surface area (Å²) in [7, 11) is 0. The van der Waals surface area contributed by atoms with E-state index in [2.05, 4.69) is 15.5 Å². The van der Waals surface area contributed by atoms with Crippen molar-refractivity contribution in [3.05, 3.63) is 64.9 Å². The molecule has 1 amide bonds. The lowest BCUT2D eigenvalue weighted by Gasteiger charge is -2.08. The normalized spacial score (nSPS) is 11.5. The predicted molar refractivity (Wildman–Crippen MR) is 85.7 cm³/mol. The second kappa shape index (κ2) is 7.33. The molecule has 0 saturated heterocycles. The highest BCUT2D eigenvalue weighted by molar-refractivity contribution is 6.03. The number of alkyl halides is 3. The van der Waals surface area contributed by atoms with Crippen molar-refractivity contribution in [2.45, 2.75) is 19.7 Å². The number of hydrogen-bond donors (Lipinski definition) is 2. The number of H-pyrrole nitrogens is 1. The van der Waals surface area contributed by atoms with Crippen LogP contribution in [0.2, 0.25) is 0 Å². The van der Waals surface area contributed by atoms with Crippen LogP contribution in [0.4, 0.5) is 27.6 Å². The van der Waals surface area contributed by atoms with Gasteiger partial charge in [0.25, 0.3) is 5.91 Å². The van der Waals surface area contributed by atoms with Gasteiger partial charge in [-0.25, -0.2) is 8.78 Å². The van der Waals surface area contributed by atoms with Gasteiger partial charge in [-0.15, -0.1) is 0 Å². The van der Waals surface area contributed by atoms with Crippen LogP contribution in [-0.2, 0) is 12.8 Å². The topological polar surface area (TPSA) is 80.2 Å². The van der Waals surface area contributed by atoms with E-state index in [-0.39, 0.29) is 29.6 Å². The molecule has 11 heteroatoms. The number of carbonyl (C=O) groups is 1. The molecule has 0 spiro atoms. The van der Waals surface area contributed by atoms with Crippen LogP contribution >= 0.6 is 0 Å². The number of nitrogens with one attached hydrogen (secondary N) is 2. The number of halogens is 5. The highest BCUT2D eigenvalue weighted by Gasteiger charge is 2.38. The molecule has 0 fully saturated rings. The highest BCUT2D eigenvalue weighted by Crippen LogP contribution is 2.34. The van der Waals surface area contributed by atoms with Gasteiger partial charge in [0, 0.05) is 6.07 Å². The third kappa shape index (κ3) is 4.13. The molecule has 0 radical (unpaired) electrons. The molecule has 1 aromatic carbocycles. The molecule has 0 aliphatic rings. The van der Waals surface area contributed by atoms with E-state index < -0.39 is 35.1 Å². The SMILES string of the molecule is Cc1[nH]nc(C(F)(F)F)c1NC(=O)c1ccc(COc2ccc(F)cc2F)o1. The quantitative estimate of drug-likeness (QED) is 0.620. The lowest BCUT2D eigenvalue weighted by atomic mass is 10.2. The molecule has 0 unspecified atom stereocenters. The second-order valence-corrected chi connectivity index (χ2v) is 5.65. The minimum atomic E-state index is -4.76. The molecule has 0 bridgehead atoms. The van der Waals surface area contributed by atoms with Gasteiger partial charge in [-0.2, -0.15) is 18.3 Å². The number of aromatic nitrogens is 2. The number of ether oxygens (including phenoxy) is 1. The van der Waals surface area contributed by atoms with Crippen molar-refractivity contribution >= 4 is 11.6 Å². The van der Waals surface area contributed by atoms with Gasteiger partial charge in [0.2, 0.25) is 0 Å². The number of furan rings is 1. The number of anilines is 1. The van der Waals surface area contributed by atoms with Crippen molar-refractivity contribution in [1.29, 1.82) is 0 Å². The Morgan fingerprint density at radius 2 is 2.00 bits per heavy atom. The number of nitrogens with zero attached hydrogens (tertiary/aromatic N) is 1. The fraction of sp³-hybridized carbons (Fsp3) is 0.176. The standard InChI is InChI=1S/C17H12F5N3O3/c1-8-14(15(25-24-8)17(20,21)22)23-16(26)13-5-3-10(28-13)7-27-12-4-2-9(18)6-11(12)19/h2-6H,7H2,1H3,(H,23,26)(H,24,25). The predicted octanol–water partition coefficient (Wildman–Crippen LogP) is 4.44. The molecule has 3 aromatic rings. The summed E-state index contributed by atoms with van der Waals surface area (Å²) in [6.45, 7) is 1.03. The van der Waals surface area contributed by atoms with Crippen molar-refractivity contribution in [3.8, 4) is 5.75 Å². The van der Waals surface area contributed by atoms with E-state index in [0.29, 0.717) is 6.07 Å². The first-order valence-corrected chi connectivity index (χ1v) is 7.75. The molecule has 2 heterocycles. The van der Waals surface area contributed by atoms with Crippen LogP contribution in [0.3, 0.4) is 0 Å². The number of hydrogen-bond acceptors (Lipinski definition) is 4. The Morgan fingerprint density at radius 1 is 1.25 bits per heavy atom. The molecular formula is C17H12F5N3O3. The molecule has 148 valence electrons. The summed E-state index contributed by atoms with van der Waals surface area (Å²) in [5.41, 5.74) is -1.76. The minimum absolute atomic E-state index is 0.0163. The number of carbonyl (C=O) groups excluding carboxylic acids is 1.